The molecule has 0 atom stereocenters. The average Bonchev–Trinajstić information content (AvgIpc) is 3.07. The second-order valence-electron chi connectivity index (χ2n) is 6.59. The molecule has 6 nitrogen and oxygen atoms in total. The fourth-order valence-electron chi connectivity index (χ4n) is 3.41. The van der Waals surface area contributed by atoms with Crippen molar-refractivity contribution in [3.63, 3.8) is 0 Å². The van der Waals surface area contributed by atoms with E-state index in [-0.39, 0.29) is 5.56 Å². The minimum Gasteiger partial charge on any atom is -0.302 e. The molecule has 0 saturated heterocycles. The molecule has 0 bridgehead atoms. The third-order valence-corrected chi connectivity index (χ3v) is 5.69. The molecule has 0 saturated carbocycles. The summed E-state index contributed by atoms with van der Waals surface area (Å²) in [4.78, 5) is 21.9. The molecule has 0 unspecified atom stereocenters. The van der Waals surface area contributed by atoms with Gasteiger partial charge in [-0.3, -0.25) is 9.20 Å². The van der Waals surface area contributed by atoms with Gasteiger partial charge in [-0.25, -0.2) is 9.97 Å². The van der Waals surface area contributed by atoms with Gasteiger partial charge in [-0.15, -0.1) is 11.3 Å². The van der Waals surface area contributed by atoms with Gasteiger partial charge in [-0.05, 0) is 25.1 Å². The number of hydrogen-bond acceptors (Lipinski definition) is 5. The van der Waals surface area contributed by atoms with Gasteiger partial charge in [-0.2, -0.15) is 4.58 Å². The molecule has 0 amide bonds. The molecular weight excluding hydrogens is 358 g/mol. The van der Waals surface area contributed by atoms with Crippen molar-refractivity contribution in [3.05, 3.63) is 58.0 Å². The molecule has 5 rings (SSSR count). The molecule has 0 spiro atoms. The molecule has 1 N–H and O–H groups in total. The number of rotatable bonds is 2. The van der Waals surface area contributed by atoms with E-state index in [4.69, 9.17) is 4.98 Å². The highest BCUT2D eigenvalue weighted by Crippen LogP contribution is 2.27. The van der Waals surface area contributed by atoms with Crippen LogP contribution in [0.25, 0.3) is 27.1 Å². The Balaban J connectivity index is 1.61. The van der Waals surface area contributed by atoms with Crippen LogP contribution in [0.1, 0.15) is 5.01 Å². The van der Waals surface area contributed by atoms with Crippen LogP contribution in [0, 0.1) is 6.92 Å². The zero-order chi connectivity index (χ0) is 18.4. The fourth-order valence-corrected chi connectivity index (χ4v) is 4.28. The van der Waals surface area contributed by atoms with E-state index in [1.54, 1.807) is 21.8 Å². The lowest BCUT2D eigenvalue weighted by Crippen LogP contribution is -2.33. The predicted molar refractivity (Wildman–Crippen MR) is 109 cm³/mol. The summed E-state index contributed by atoms with van der Waals surface area (Å²) in [6.45, 7) is 4.66. The van der Waals surface area contributed by atoms with E-state index < -0.39 is 0 Å². The van der Waals surface area contributed by atoms with Gasteiger partial charge in [0.15, 0.2) is 12.8 Å². The van der Waals surface area contributed by atoms with Crippen LogP contribution in [0.5, 0.6) is 0 Å². The van der Waals surface area contributed by atoms with E-state index >= 15 is 0 Å². The lowest BCUT2D eigenvalue weighted by atomic mass is 10.1. The normalized spacial score (nSPS) is 14.6. The van der Waals surface area contributed by atoms with Gasteiger partial charge < -0.3 is 5.32 Å². The standard InChI is InChI=1S/C20H18N5OS/c1-13-22-16-4-2-14(10-18(16)27-13)17-11-20(26)25-12-15(3-5-19(25)23-17)24-8-6-21-7-9-24/h2-5,8,10-12,21H,6-7,9H2,1H3/q+1. The number of hydrogen-bond donors (Lipinski definition) is 1. The number of aryl methyl sites for hydroxylation is 1. The first-order valence-corrected chi connectivity index (χ1v) is 9.71. The zero-order valence-corrected chi connectivity index (χ0v) is 15.7. The molecule has 0 aliphatic carbocycles. The molecule has 3 aromatic heterocycles. The summed E-state index contributed by atoms with van der Waals surface area (Å²) in [5.74, 6) is 0. The third kappa shape index (κ3) is 2.94. The van der Waals surface area contributed by atoms with Gasteiger partial charge >= 0.3 is 0 Å². The Morgan fingerprint density at radius 1 is 1.19 bits per heavy atom. The summed E-state index contributed by atoms with van der Waals surface area (Å²) >= 11 is 1.65. The predicted octanol–water partition coefficient (Wildman–Crippen LogP) is 2.60. The number of nitrogens with zero attached hydrogens (tertiary/aromatic N) is 4. The number of benzene rings is 1. The summed E-state index contributed by atoms with van der Waals surface area (Å²) < 4.78 is 4.89. The highest BCUT2D eigenvalue weighted by Gasteiger charge is 2.14. The van der Waals surface area contributed by atoms with E-state index in [0.29, 0.717) is 11.3 Å². The van der Waals surface area contributed by atoms with Crippen molar-refractivity contribution < 1.29 is 4.58 Å². The first kappa shape index (κ1) is 16.3. The molecular formula is C20H18N5OS+. The number of aromatic nitrogens is 3. The Kier molecular flexibility index (Phi) is 3.84. The van der Waals surface area contributed by atoms with Crippen LogP contribution >= 0.6 is 11.3 Å². The van der Waals surface area contributed by atoms with Crippen molar-refractivity contribution in [2.45, 2.75) is 6.92 Å². The Bertz CT molecular complexity index is 1270. The van der Waals surface area contributed by atoms with E-state index in [2.05, 4.69) is 27.2 Å². The SMILES string of the molecule is Cc1nc2ccc(-c3cc(=O)n4cc([N+]5=CCNCC5)ccc4n3)cc2s1. The molecule has 4 heterocycles. The van der Waals surface area contributed by atoms with Crippen LogP contribution in [-0.2, 0) is 0 Å². The van der Waals surface area contributed by atoms with Crippen LogP contribution in [0.4, 0.5) is 5.69 Å². The highest BCUT2D eigenvalue weighted by molar-refractivity contribution is 7.18. The Hall–Kier alpha value is -2.90. The van der Waals surface area contributed by atoms with Gasteiger partial charge in [-0.1, -0.05) is 6.07 Å². The number of thiazole rings is 1. The molecule has 27 heavy (non-hydrogen) atoms. The minimum absolute atomic E-state index is 0.0763. The summed E-state index contributed by atoms with van der Waals surface area (Å²) in [5.41, 5.74) is 4.18. The quantitative estimate of drug-likeness (QED) is 0.546. The maximum atomic E-state index is 12.7. The molecule has 1 aliphatic heterocycles. The van der Waals surface area contributed by atoms with Gasteiger partial charge in [0.2, 0.25) is 5.69 Å². The second-order valence-corrected chi connectivity index (χ2v) is 7.83. The molecule has 0 fully saturated rings. The molecule has 4 aromatic rings. The lowest BCUT2D eigenvalue weighted by Gasteiger charge is -2.10. The van der Waals surface area contributed by atoms with Crippen LogP contribution in [0.2, 0.25) is 0 Å². The maximum absolute atomic E-state index is 12.7. The van der Waals surface area contributed by atoms with Crippen molar-refractivity contribution in [2.75, 3.05) is 19.6 Å². The number of pyridine rings is 1. The van der Waals surface area contributed by atoms with E-state index in [9.17, 15) is 4.79 Å². The van der Waals surface area contributed by atoms with Gasteiger partial charge in [0.25, 0.3) is 5.56 Å². The third-order valence-electron chi connectivity index (χ3n) is 4.75. The summed E-state index contributed by atoms with van der Waals surface area (Å²) in [6.07, 6.45) is 3.97. The number of fused-ring (bicyclic) bond motifs is 2. The largest absolute Gasteiger partial charge is 0.302 e. The van der Waals surface area contributed by atoms with Crippen LogP contribution in [-0.4, -0.2) is 44.8 Å². The fraction of sp³-hybridized carbons (Fsp3) is 0.200. The molecule has 7 heteroatoms. The topological polar surface area (TPSA) is 62.3 Å². The molecule has 134 valence electrons. The average molecular weight is 376 g/mol. The first-order valence-electron chi connectivity index (χ1n) is 8.89. The Morgan fingerprint density at radius 3 is 2.96 bits per heavy atom. The number of nitrogens with one attached hydrogen (secondary N) is 1. The van der Waals surface area contributed by atoms with Crippen molar-refractivity contribution >= 4 is 39.1 Å². The summed E-state index contributed by atoms with van der Waals surface area (Å²) in [6, 6.07) is 11.6. The highest BCUT2D eigenvalue weighted by atomic mass is 32.1. The van der Waals surface area contributed by atoms with Crippen molar-refractivity contribution in [3.8, 4) is 11.3 Å². The van der Waals surface area contributed by atoms with Crippen LogP contribution < -0.4 is 10.9 Å². The Morgan fingerprint density at radius 2 is 2.11 bits per heavy atom. The van der Waals surface area contributed by atoms with E-state index in [1.807, 2.05) is 37.4 Å². The van der Waals surface area contributed by atoms with Gasteiger partial charge in [0.1, 0.15) is 5.65 Å². The molecule has 0 radical (unpaired) electrons. The second kappa shape index (κ2) is 6.37. The Labute approximate surface area is 159 Å². The van der Waals surface area contributed by atoms with E-state index in [1.165, 1.54) is 0 Å². The van der Waals surface area contributed by atoms with Crippen LogP contribution in [0.15, 0.2) is 47.4 Å². The maximum Gasteiger partial charge on any atom is 0.258 e. The molecule has 1 aromatic carbocycles. The molecule has 1 aliphatic rings. The van der Waals surface area contributed by atoms with Crippen molar-refractivity contribution in [2.24, 2.45) is 0 Å². The minimum atomic E-state index is -0.0763. The van der Waals surface area contributed by atoms with Gasteiger partial charge in [0, 0.05) is 17.7 Å². The van der Waals surface area contributed by atoms with E-state index in [0.717, 1.165) is 46.1 Å². The van der Waals surface area contributed by atoms with Gasteiger partial charge in [0.05, 0.1) is 40.2 Å². The van der Waals surface area contributed by atoms with Crippen molar-refractivity contribution in [1.29, 1.82) is 0 Å². The van der Waals surface area contributed by atoms with Crippen molar-refractivity contribution in [1.82, 2.24) is 19.7 Å². The lowest BCUT2D eigenvalue weighted by molar-refractivity contribution is -0.438. The smallest absolute Gasteiger partial charge is 0.258 e. The first-order chi connectivity index (χ1) is 13.2. The van der Waals surface area contributed by atoms with Crippen LogP contribution in [0.3, 0.4) is 0 Å². The zero-order valence-electron chi connectivity index (χ0n) is 14.8. The summed E-state index contributed by atoms with van der Waals surface area (Å²) in [5, 5.41) is 4.32. The summed E-state index contributed by atoms with van der Waals surface area (Å²) in [7, 11) is 0. The monoisotopic (exact) mass is 376 g/mol.